The zero-order chi connectivity index (χ0) is 14.1. The molecule has 0 unspecified atom stereocenters. The van der Waals surface area contributed by atoms with Gasteiger partial charge in [-0.15, -0.1) is 5.10 Å². The molecule has 0 spiro atoms. The highest BCUT2D eigenvalue weighted by Crippen LogP contribution is 2.17. The summed E-state index contributed by atoms with van der Waals surface area (Å²) in [6.07, 6.45) is 4.60. The molecule has 106 valence electrons. The quantitative estimate of drug-likeness (QED) is 0.926. The van der Waals surface area contributed by atoms with Gasteiger partial charge < -0.3 is 9.88 Å². The van der Waals surface area contributed by atoms with Crippen molar-refractivity contribution >= 4 is 17.4 Å². The van der Waals surface area contributed by atoms with Gasteiger partial charge in [0.15, 0.2) is 0 Å². The maximum Gasteiger partial charge on any atom is 0.265 e. The van der Waals surface area contributed by atoms with E-state index < -0.39 is 0 Å². The van der Waals surface area contributed by atoms with Crippen LogP contribution in [0.25, 0.3) is 0 Å². The van der Waals surface area contributed by atoms with E-state index in [9.17, 15) is 4.79 Å². The predicted octanol–water partition coefficient (Wildman–Crippen LogP) is 1.35. The topological polar surface area (TPSA) is 72.7 Å². The van der Waals surface area contributed by atoms with Gasteiger partial charge >= 0.3 is 0 Å². The zero-order valence-electron chi connectivity index (χ0n) is 11.6. The van der Waals surface area contributed by atoms with Crippen LogP contribution in [0.5, 0.6) is 0 Å². The van der Waals surface area contributed by atoms with Crippen LogP contribution in [-0.2, 0) is 19.4 Å². The first-order chi connectivity index (χ1) is 9.67. The standard InChI is InChI=1S/C13H17N5OS/c1-3-10-12(20-17-16-10)13(19)15-9-4-5-11-14-8(2)6-18(11)7-9/h6,9H,3-5,7H2,1-2H3,(H,15,19)/t9-/m1/s1. The number of fused-ring (bicyclic) bond motifs is 1. The number of hydrogen-bond acceptors (Lipinski definition) is 5. The Morgan fingerprint density at radius 1 is 1.60 bits per heavy atom. The monoisotopic (exact) mass is 291 g/mol. The van der Waals surface area contributed by atoms with Crippen molar-refractivity contribution in [3.8, 4) is 0 Å². The summed E-state index contributed by atoms with van der Waals surface area (Å²) in [6.45, 7) is 4.76. The Hall–Kier alpha value is -1.76. The second-order valence-corrected chi connectivity index (χ2v) is 5.82. The molecule has 2 aromatic rings. The minimum Gasteiger partial charge on any atom is -0.347 e. The number of carbonyl (C=O) groups excluding carboxylic acids is 1. The molecule has 0 bridgehead atoms. The Balaban J connectivity index is 1.69. The van der Waals surface area contributed by atoms with E-state index >= 15 is 0 Å². The molecule has 0 aliphatic carbocycles. The van der Waals surface area contributed by atoms with Crippen molar-refractivity contribution in [1.82, 2.24) is 24.5 Å². The van der Waals surface area contributed by atoms with Crippen molar-refractivity contribution in [1.29, 1.82) is 0 Å². The molecule has 3 rings (SSSR count). The van der Waals surface area contributed by atoms with E-state index in [1.54, 1.807) is 0 Å². The number of imidazole rings is 1. The summed E-state index contributed by atoms with van der Waals surface area (Å²) in [5, 5.41) is 7.07. The SMILES string of the molecule is CCc1nnsc1C(=O)N[C@@H]1CCc2nc(C)cn2C1. The molecule has 1 aliphatic rings. The molecule has 0 radical (unpaired) electrons. The maximum atomic E-state index is 12.3. The van der Waals surface area contributed by atoms with Crippen LogP contribution in [0.4, 0.5) is 0 Å². The summed E-state index contributed by atoms with van der Waals surface area (Å²) in [6, 6.07) is 0.149. The van der Waals surface area contributed by atoms with Crippen molar-refractivity contribution in [2.24, 2.45) is 0 Å². The van der Waals surface area contributed by atoms with Crippen LogP contribution in [0, 0.1) is 6.92 Å². The Morgan fingerprint density at radius 2 is 2.45 bits per heavy atom. The molecule has 1 atom stereocenters. The van der Waals surface area contributed by atoms with Gasteiger partial charge in [0.1, 0.15) is 10.7 Å². The minimum absolute atomic E-state index is 0.0536. The van der Waals surface area contributed by atoms with Crippen LogP contribution in [0.3, 0.4) is 0 Å². The third-order valence-electron chi connectivity index (χ3n) is 3.55. The average molecular weight is 291 g/mol. The molecule has 0 saturated heterocycles. The molecule has 7 heteroatoms. The summed E-state index contributed by atoms with van der Waals surface area (Å²) in [5.74, 6) is 1.06. The number of aryl methyl sites for hydroxylation is 3. The highest BCUT2D eigenvalue weighted by molar-refractivity contribution is 7.08. The third kappa shape index (κ3) is 2.45. The molecule has 20 heavy (non-hydrogen) atoms. The molecule has 1 aliphatic heterocycles. The predicted molar refractivity (Wildman–Crippen MR) is 75.8 cm³/mol. The van der Waals surface area contributed by atoms with Crippen LogP contribution in [0.1, 0.15) is 40.2 Å². The fourth-order valence-electron chi connectivity index (χ4n) is 2.57. The smallest absolute Gasteiger partial charge is 0.265 e. The summed E-state index contributed by atoms with van der Waals surface area (Å²) in [5.41, 5.74) is 1.81. The van der Waals surface area contributed by atoms with E-state index in [4.69, 9.17) is 0 Å². The van der Waals surface area contributed by atoms with Gasteiger partial charge in [-0.2, -0.15) is 0 Å². The first-order valence-corrected chi connectivity index (χ1v) is 7.59. The number of nitrogens with zero attached hydrogens (tertiary/aromatic N) is 4. The third-order valence-corrected chi connectivity index (χ3v) is 4.31. The molecule has 1 N–H and O–H groups in total. The molecule has 1 amide bonds. The molecular formula is C13H17N5OS. The summed E-state index contributed by atoms with van der Waals surface area (Å²) >= 11 is 1.17. The van der Waals surface area contributed by atoms with Gasteiger partial charge in [0.25, 0.3) is 5.91 Å². The van der Waals surface area contributed by atoms with E-state index in [1.807, 2.05) is 20.0 Å². The molecule has 0 aromatic carbocycles. The lowest BCUT2D eigenvalue weighted by Gasteiger charge is -2.24. The van der Waals surface area contributed by atoms with Gasteiger partial charge in [-0.3, -0.25) is 4.79 Å². The highest BCUT2D eigenvalue weighted by atomic mass is 32.1. The van der Waals surface area contributed by atoms with Crippen LogP contribution in [0.2, 0.25) is 0 Å². The van der Waals surface area contributed by atoms with Crippen molar-refractivity contribution in [2.45, 2.75) is 45.7 Å². The van der Waals surface area contributed by atoms with Gasteiger partial charge in [-0.25, -0.2) is 4.98 Å². The Bertz CT molecular complexity index is 632. The van der Waals surface area contributed by atoms with Gasteiger partial charge in [0.05, 0.1) is 11.4 Å². The number of carbonyl (C=O) groups is 1. The van der Waals surface area contributed by atoms with Gasteiger partial charge in [-0.1, -0.05) is 11.4 Å². The summed E-state index contributed by atoms with van der Waals surface area (Å²) in [4.78, 5) is 17.4. The number of amides is 1. The van der Waals surface area contributed by atoms with Gasteiger partial charge in [-0.05, 0) is 31.3 Å². The normalized spacial score (nSPS) is 17.8. The summed E-state index contributed by atoms with van der Waals surface area (Å²) < 4.78 is 6.00. The fraction of sp³-hybridized carbons (Fsp3) is 0.538. The van der Waals surface area contributed by atoms with Crippen molar-refractivity contribution in [3.05, 3.63) is 28.3 Å². The minimum atomic E-state index is -0.0536. The molecule has 0 fully saturated rings. The zero-order valence-corrected chi connectivity index (χ0v) is 12.4. The van der Waals surface area contributed by atoms with E-state index in [1.165, 1.54) is 11.5 Å². The van der Waals surface area contributed by atoms with E-state index in [0.717, 1.165) is 43.0 Å². The van der Waals surface area contributed by atoms with Crippen molar-refractivity contribution < 1.29 is 4.79 Å². The first-order valence-electron chi connectivity index (χ1n) is 6.82. The molecule has 0 saturated carbocycles. The van der Waals surface area contributed by atoms with E-state index in [-0.39, 0.29) is 11.9 Å². The Labute approximate surface area is 121 Å². The van der Waals surface area contributed by atoms with E-state index in [0.29, 0.717) is 4.88 Å². The fourth-order valence-corrected chi connectivity index (χ4v) is 3.22. The Kier molecular flexibility index (Phi) is 3.52. The number of aromatic nitrogens is 4. The lowest BCUT2D eigenvalue weighted by molar-refractivity contribution is 0.0930. The van der Waals surface area contributed by atoms with Crippen molar-refractivity contribution in [2.75, 3.05) is 0 Å². The number of nitrogens with one attached hydrogen (secondary N) is 1. The van der Waals surface area contributed by atoms with Crippen LogP contribution >= 0.6 is 11.5 Å². The van der Waals surface area contributed by atoms with E-state index in [2.05, 4.69) is 24.5 Å². The second kappa shape index (κ2) is 5.32. The van der Waals surface area contributed by atoms with Crippen molar-refractivity contribution in [3.63, 3.8) is 0 Å². The van der Waals surface area contributed by atoms with Crippen LogP contribution in [-0.4, -0.2) is 31.1 Å². The Morgan fingerprint density at radius 3 is 3.25 bits per heavy atom. The first kappa shape index (κ1) is 13.2. The molecule has 3 heterocycles. The number of rotatable bonds is 3. The second-order valence-electron chi connectivity index (χ2n) is 5.06. The molecule has 2 aromatic heterocycles. The number of hydrogen-bond donors (Lipinski definition) is 1. The largest absolute Gasteiger partial charge is 0.347 e. The van der Waals surface area contributed by atoms with Crippen LogP contribution in [0.15, 0.2) is 6.20 Å². The van der Waals surface area contributed by atoms with Gasteiger partial charge in [0, 0.05) is 25.2 Å². The molecular weight excluding hydrogens is 274 g/mol. The highest BCUT2D eigenvalue weighted by Gasteiger charge is 2.23. The lowest BCUT2D eigenvalue weighted by Crippen LogP contribution is -2.40. The van der Waals surface area contributed by atoms with Crippen LogP contribution < -0.4 is 5.32 Å². The maximum absolute atomic E-state index is 12.3. The lowest BCUT2D eigenvalue weighted by atomic mass is 10.1. The summed E-state index contributed by atoms with van der Waals surface area (Å²) in [7, 11) is 0. The molecule has 6 nitrogen and oxygen atoms in total. The average Bonchev–Trinajstić information content (AvgIpc) is 3.02. The van der Waals surface area contributed by atoms with Gasteiger partial charge in [0.2, 0.25) is 0 Å².